The minimum atomic E-state index is -0.118. The van der Waals surface area contributed by atoms with Gasteiger partial charge in [0, 0.05) is 17.7 Å². The Hall–Kier alpha value is -0.610. The number of halogens is 1. The van der Waals surface area contributed by atoms with Gasteiger partial charge in [0.15, 0.2) is 0 Å². The van der Waals surface area contributed by atoms with Crippen LogP contribution in [0, 0.1) is 0 Å². The summed E-state index contributed by atoms with van der Waals surface area (Å²) in [4.78, 5) is 0. The first-order chi connectivity index (χ1) is 9.15. The summed E-state index contributed by atoms with van der Waals surface area (Å²) in [5, 5.41) is 0.718. The summed E-state index contributed by atoms with van der Waals surface area (Å²) in [6.07, 6.45) is 2.12. The van der Waals surface area contributed by atoms with E-state index in [1.54, 1.807) is 0 Å². The molecule has 19 heavy (non-hydrogen) atoms. The quantitative estimate of drug-likeness (QED) is 0.706. The van der Waals surface area contributed by atoms with E-state index >= 15 is 0 Å². The molecule has 2 unspecified atom stereocenters. The molecule has 0 aliphatic rings. The normalized spacial score (nSPS) is 14.3. The van der Waals surface area contributed by atoms with Crippen molar-refractivity contribution < 1.29 is 9.47 Å². The first kappa shape index (κ1) is 16.4. The zero-order chi connectivity index (χ0) is 14.1. The van der Waals surface area contributed by atoms with Crippen LogP contribution in [0.1, 0.15) is 38.4 Å². The van der Waals surface area contributed by atoms with Crippen LogP contribution in [0.25, 0.3) is 0 Å². The van der Waals surface area contributed by atoms with Crippen LogP contribution in [0.4, 0.5) is 0 Å². The fourth-order valence-corrected chi connectivity index (χ4v) is 1.91. The Bertz CT molecular complexity index is 341. The average Bonchev–Trinajstić information content (AvgIpc) is 2.39. The Balaban J connectivity index is 2.39. The number of benzene rings is 1. The molecule has 2 N–H and O–H groups in total. The second-order valence-corrected chi connectivity index (χ2v) is 5.10. The third kappa shape index (κ3) is 6.39. The summed E-state index contributed by atoms with van der Waals surface area (Å²) in [5.74, 6) is 0. The third-order valence-corrected chi connectivity index (χ3v) is 3.10. The van der Waals surface area contributed by atoms with Gasteiger partial charge in [-0.15, -0.1) is 0 Å². The van der Waals surface area contributed by atoms with Gasteiger partial charge in [0.2, 0.25) is 0 Å². The highest BCUT2D eigenvalue weighted by Gasteiger charge is 2.16. The number of nitrogens with two attached hydrogens (primary N) is 1. The van der Waals surface area contributed by atoms with Crippen LogP contribution in [-0.4, -0.2) is 25.9 Å². The van der Waals surface area contributed by atoms with E-state index in [4.69, 9.17) is 26.8 Å². The topological polar surface area (TPSA) is 44.5 Å². The van der Waals surface area contributed by atoms with E-state index in [1.807, 2.05) is 31.2 Å². The molecule has 0 saturated carbocycles. The van der Waals surface area contributed by atoms with Gasteiger partial charge in [0.25, 0.3) is 0 Å². The Kier molecular flexibility index (Phi) is 8.07. The molecule has 2 atom stereocenters. The van der Waals surface area contributed by atoms with Crippen molar-refractivity contribution in [1.82, 2.24) is 0 Å². The predicted molar refractivity (Wildman–Crippen MR) is 79.5 cm³/mol. The molecule has 0 bridgehead atoms. The van der Waals surface area contributed by atoms with Crippen LogP contribution in [0.3, 0.4) is 0 Å². The standard InChI is InChI=1S/C15H24ClNO2/c1-3-4-9-18-10-11-19-15(12(2)17)13-5-7-14(16)8-6-13/h5-8,12,15H,3-4,9-11,17H2,1-2H3. The molecule has 1 aromatic rings. The van der Waals surface area contributed by atoms with E-state index in [2.05, 4.69) is 6.92 Å². The molecule has 0 aliphatic heterocycles. The van der Waals surface area contributed by atoms with E-state index in [-0.39, 0.29) is 12.1 Å². The van der Waals surface area contributed by atoms with Gasteiger partial charge in [-0.05, 0) is 31.0 Å². The van der Waals surface area contributed by atoms with Crippen LogP contribution in [0.2, 0.25) is 5.02 Å². The summed E-state index contributed by atoms with van der Waals surface area (Å²) < 4.78 is 11.3. The molecule has 3 nitrogen and oxygen atoms in total. The van der Waals surface area contributed by atoms with E-state index in [0.29, 0.717) is 13.2 Å². The number of unbranched alkanes of at least 4 members (excludes halogenated alkanes) is 1. The second-order valence-electron chi connectivity index (χ2n) is 4.67. The molecule has 0 amide bonds. The molecule has 0 fully saturated rings. The van der Waals surface area contributed by atoms with Gasteiger partial charge >= 0.3 is 0 Å². The smallest absolute Gasteiger partial charge is 0.0974 e. The minimum Gasteiger partial charge on any atom is -0.379 e. The first-order valence-electron chi connectivity index (χ1n) is 6.85. The average molecular weight is 286 g/mol. The van der Waals surface area contributed by atoms with Crippen molar-refractivity contribution in [2.45, 2.75) is 38.8 Å². The SMILES string of the molecule is CCCCOCCOC(c1ccc(Cl)cc1)C(C)N. The van der Waals surface area contributed by atoms with Crippen molar-refractivity contribution in [3.8, 4) is 0 Å². The fourth-order valence-electron chi connectivity index (χ4n) is 1.79. The van der Waals surface area contributed by atoms with Gasteiger partial charge in [0.1, 0.15) is 0 Å². The maximum Gasteiger partial charge on any atom is 0.0974 e. The van der Waals surface area contributed by atoms with Crippen molar-refractivity contribution in [1.29, 1.82) is 0 Å². The van der Waals surface area contributed by atoms with Gasteiger partial charge in [-0.1, -0.05) is 37.1 Å². The molecular formula is C15H24ClNO2. The Labute approximate surface area is 121 Å². The van der Waals surface area contributed by atoms with Crippen LogP contribution >= 0.6 is 11.6 Å². The zero-order valence-corrected chi connectivity index (χ0v) is 12.5. The number of hydrogen-bond acceptors (Lipinski definition) is 3. The maximum absolute atomic E-state index is 5.97. The maximum atomic E-state index is 5.97. The number of ether oxygens (including phenoxy) is 2. The largest absolute Gasteiger partial charge is 0.379 e. The first-order valence-corrected chi connectivity index (χ1v) is 7.23. The molecule has 0 radical (unpaired) electrons. The monoisotopic (exact) mass is 285 g/mol. The van der Waals surface area contributed by atoms with Gasteiger partial charge in [0.05, 0.1) is 19.3 Å². The second kappa shape index (κ2) is 9.32. The lowest BCUT2D eigenvalue weighted by atomic mass is 10.0. The molecular weight excluding hydrogens is 262 g/mol. The van der Waals surface area contributed by atoms with Crippen LogP contribution in [-0.2, 0) is 9.47 Å². The number of rotatable bonds is 9. The Morgan fingerprint density at radius 2 is 1.84 bits per heavy atom. The van der Waals surface area contributed by atoms with Gasteiger partial charge < -0.3 is 15.2 Å². The van der Waals surface area contributed by atoms with Gasteiger partial charge in [-0.2, -0.15) is 0 Å². The highest BCUT2D eigenvalue weighted by molar-refractivity contribution is 6.30. The molecule has 1 aromatic carbocycles. The van der Waals surface area contributed by atoms with Gasteiger partial charge in [-0.3, -0.25) is 0 Å². The lowest BCUT2D eigenvalue weighted by Crippen LogP contribution is -2.28. The summed E-state index contributed by atoms with van der Waals surface area (Å²) in [6.45, 7) is 6.04. The van der Waals surface area contributed by atoms with Crippen LogP contribution in [0.15, 0.2) is 24.3 Å². The van der Waals surface area contributed by atoms with E-state index in [1.165, 1.54) is 0 Å². The molecule has 0 aliphatic carbocycles. The summed E-state index contributed by atoms with van der Waals surface area (Å²) in [5.41, 5.74) is 7.02. The third-order valence-electron chi connectivity index (χ3n) is 2.84. The molecule has 0 heterocycles. The Morgan fingerprint density at radius 1 is 1.16 bits per heavy atom. The van der Waals surface area contributed by atoms with Crippen LogP contribution < -0.4 is 5.73 Å². The highest BCUT2D eigenvalue weighted by Crippen LogP contribution is 2.22. The molecule has 0 saturated heterocycles. The number of hydrogen-bond donors (Lipinski definition) is 1. The zero-order valence-electron chi connectivity index (χ0n) is 11.8. The van der Waals surface area contributed by atoms with Crippen LogP contribution in [0.5, 0.6) is 0 Å². The van der Waals surface area contributed by atoms with E-state index in [9.17, 15) is 0 Å². The fraction of sp³-hybridized carbons (Fsp3) is 0.600. The Morgan fingerprint density at radius 3 is 2.42 bits per heavy atom. The van der Waals surface area contributed by atoms with Crippen molar-refractivity contribution in [2.75, 3.05) is 19.8 Å². The van der Waals surface area contributed by atoms with Crippen molar-refractivity contribution >= 4 is 11.6 Å². The summed E-state index contributed by atoms with van der Waals surface area (Å²) in [7, 11) is 0. The molecule has 0 aromatic heterocycles. The lowest BCUT2D eigenvalue weighted by molar-refractivity contribution is -0.00528. The lowest BCUT2D eigenvalue weighted by Gasteiger charge is -2.22. The van der Waals surface area contributed by atoms with Crippen molar-refractivity contribution in [3.63, 3.8) is 0 Å². The highest BCUT2D eigenvalue weighted by atomic mass is 35.5. The van der Waals surface area contributed by atoms with Crippen molar-refractivity contribution in [2.24, 2.45) is 5.73 Å². The van der Waals surface area contributed by atoms with E-state index in [0.717, 1.165) is 30.0 Å². The van der Waals surface area contributed by atoms with Gasteiger partial charge in [-0.25, -0.2) is 0 Å². The molecule has 0 spiro atoms. The predicted octanol–water partition coefficient (Wildman–Crippen LogP) is 3.56. The molecule has 1 rings (SSSR count). The van der Waals surface area contributed by atoms with Crippen molar-refractivity contribution in [3.05, 3.63) is 34.9 Å². The summed E-state index contributed by atoms with van der Waals surface area (Å²) >= 11 is 5.88. The molecule has 4 heteroatoms. The summed E-state index contributed by atoms with van der Waals surface area (Å²) in [6, 6.07) is 7.54. The van der Waals surface area contributed by atoms with E-state index < -0.39 is 0 Å². The minimum absolute atomic E-state index is 0.0724. The molecule has 108 valence electrons.